The van der Waals surface area contributed by atoms with E-state index < -0.39 is 10.8 Å². The predicted octanol–water partition coefficient (Wildman–Crippen LogP) is 3.51. The predicted molar refractivity (Wildman–Crippen MR) is 78.9 cm³/mol. The highest BCUT2D eigenvalue weighted by Crippen LogP contribution is 2.28. The minimum absolute atomic E-state index is 0.0672. The lowest BCUT2D eigenvalue weighted by Crippen LogP contribution is -2.12. The Morgan fingerprint density at radius 2 is 2.00 bits per heavy atom. The molecule has 0 aliphatic heterocycles. The summed E-state index contributed by atoms with van der Waals surface area (Å²) in [6.07, 6.45) is 0. The Balaban J connectivity index is 2.33. The molecule has 2 N–H and O–H groups in total. The van der Waals surface area contributed by atoms with Crippen LogP contribution in [0.15, 0.2) is 36.4 Å². The molecule has 0 saturated carbocycles. The summed E-state index contributed by atoms with van der Waals surface area (Å²) in [5.74, 6) is -0.779. The number of phenols is 1. The first-order chi connectivity index (χ1) is 9.88. The summed E-state index contributed by atoms with van der Waals surface area (Å²) in [5.41, 5.74) is 0.778. The lowest BCUT2D eigenvalue weighted by Gasteiger charge is -2.09. The molecule has 0 atom stereocenters. The molecule has 6 nitrogen and oxygen atoms in total. The number of nitrogens with zero attached hydrogens (tertiary/aromatic N) is 1. The summed E-state index contributed by atoms with van der Waals surface area (Å²) in [4.78, 5) is 22.3. The van der Waals surface area contributed by atoms with Crippen molar-refractivity contribution in [3.63, 3.8) is 0 Å². The highest BCUT2D eigenvalue weighted by molar-refractivity contribution is 6.34. The van der Waals surface area contributed by atoms with E-state index >= 15 is 0 Å². The molecule has 1 amide bonds. The molecular formula is C14H11ClN2O4. The number of amides is 1. The zero-order valence-corrected chi connectivity index (χ0v) is 11.7. The SMILES string of the molecule is Cc1ccc(O)c(C(=O)Nc2cc([N+](=O)[O-])ccc2Cl)c1. The van der Waals surface area contributed by atoms with Gasteiger partial charge in [-0.3, -0.25) is 14.9 Å². The Labute approximate surface area is 125 Å². The third kappa shape index (κ3) is 3.29. The Morgan fingerprint density at radius 1 is 1.29 bits per heavy atom. The number of non-ortho nitro benzene ring substituents is 1. The van der Waals surface area contributed by atoms with Crippen molar-refractivity contribution >= 4 is 28.9 Å². The van der Waals surface area contributed by atoms with Gasteiger partial charge in [-0.25, -0.2) is 0 Å². The zero-order chi connectivity index (χ0) is 15.6. The molecule has 0 saturated heterocycles. The topological polar surface area (TPSA) is 92.5 Å². The Bertz CT molecular complexity index is 731. The molecule has 7 heteroatoms. The number of hydrogen-bond acceptors (Lipinski definition) is 4. The molecule has 108 valence electrons. The molecule has 0 aliphatic rings. The first-order valence-electron chi connectivity index (χ1n) is 5.93. The van der Waals surface area contributed by atoms with E-state index in [0.29, 0.717) is 0 Å². The number of benzene rings is 2. The highest BCUT2D eigenvalue weighted by atomic mass is 35.5. The third-order valence-electron chi connectivity index (χ3n) is 2.81. The second-order valence-corrected chi connectivity index (χ2v) is 4.80. The molecule has 21 heavy (non-hydrogen) atoms. The number of aromatic hydroxyl groups is 1. The Morgan fingerprint density at radius 3 is 2.67 bits per heavy atom. The van der Waals surface area contributed by atoms with Crippen LogP contribution in [0.3, 0.4) is 0 Å². The molecule has 2 rings (SSSR count). The van der Waals surface area contributed by atoms with Crippen LogP contribution in [0.1, 0.15) is 15.9 Å². The van der Waals surface area contributed by atoms with Gasteiger partial charge in [-0.15, -0.1) is 0 Å². The van der Waals surface area contributed by atoms with Gasteiger partial charge in [0.05, 0.1) is 21.2 Å². The number of nitro groups is 1. The summed E-state index contributed by atoms with van der Waals surface area (Å²) in [6.45, 7) is 1.77. The summed E-state index contributed by atoms with van der Waals surface area (Å²) in [5, 5.41) is 23.0. The first-order valence-corrected chi connectivity index (χ1v) is 6.31. The lowest BCUT2D eigenvalue weighted by molar-refractivity contribution is -0.384. The maximum absolute atomic E-state index is 12.1. The van der Waals surface area contributed by atoms with E-state index in [2.05, 4.69) is 5.32 Å². The summed E-state index contributed by atoms with van der Waals surface area (Å²) < 4.78 is 0. The number of anilines is 1. The van der Waals surface area contributed by atoms with Gasteiger partial charge in [0, 0.05) is 12.1 Å². The number of carbonyl (C=O) groups excluding carboxylic acids is 1. The van der Waals surface area contributed by atoms with Gasteiger partial charge in [-0.2, -0.15) is 0 Å². The van der Waals surface area contributed by atoms with E-state index in [1.54, 1.807) is 13.0 Å². The fraction of sp³-hybridized carbons (Fsp3) is 0.0714. The fourth-order valence-electron chi connectivity index (χ4n) is 1.74. The second-order valence-electron chi connectivity index (χ2n) is 4.40. The standard InChI is InChI=1S/C14H11ClN2O4/c1-8-2-5-13(18)10(6-8)14(19)16-12-7-9(17(20)21)3-4-11(12)15/h2-7,18H,1H3,(H,16,19). The molecule has 0 unspecified atom stereocenters. The van der Waals surface area contributed by atoms with Crippen molar-refractivity contribution in [3.05, 3.63) is 62.7 Å². The van der Waals surface area contributed by atoms with Crippen LogP contribution in [0, 0.1) is 17.0 Å². The van der Waals surface area contributed by atoms with Crippen molar-refractivity contribution in [2.24, 2.45) is 0 Å². The quantitative estimate of drug-likeness (QED) is 0.670. The number of hydrogen-bond donors (Lipinski definition) is 2. The molecule has 0 spiro atoms. The van der Waals surface area contributed by atoms with Crippen molar-refractivity contribution in [2.75, 3.05) is 5.32 Å². The van der Waals surface area contributed by atoms with Gasteiger partial charge < -0.3 is 10.4 Å². The van der Waals surface area contributed by atoms with Crippen LogP contribution in [-0.4, -0.2) is 15.9 Å². The normalized spacial score (nSPS) is 10.2. The average molecular weight is 307 g/mol. The van der Waals surface area contributed by atoms with E-state index in [0.717, 1.165) is 11.6 Å². The van der Waals surface area contributed by atoms with Crippen LogP contribution >= 0.6 is 11.6 Å². The van der Waals surface area contributed by atoms with Crippen LogP contribution in [0.5, 0.6) is 5.75 Å². The Kier molecular flexibility index (Phi) is 4.09. The number of carbonyl (C=O) groups is 1. The molecule has 0 heterocycles. The van der Waals surface area contributed by atoms with Crippen LogP contribution in [0.4, 0.5) is 11.4 Å². The molecule has 0 aromatic heterocycles. The summed E-state index contributed by atoms with van der Waals surface area (Å²) in [7, 11) is 0. The maximum atomic E-state index is 12.1. The molecule has 2 aromatic carbocycles. The third-order valence-corrected chi connectivity index (χ3v) is 3.14. The minimum Gasteiger partial charge on any atom is -0.507 e. The highest BCUT2D eigenvalue weighted by Gasteiger charge is 2.15. The van der Waals surface area contributed by atoms with Crippen molar-refractivity contribution in [2.45, 2.75) is 6.92 Å². The number of nitro benzene ring substituents is 1. The van der Waals surface area contributed by atoms with E-state index in [1.807, 2.05) is 0 Å². The van der Waals surface area contributed by atoms with Gasteiger partial charge in [0.1, 0.15) is 5.75 Å². The number of phenolic OH excluding ortho intramolecular Hbond substituents is 1. The van der Waals surface area contributed by atoms with Gasteiger partial charge in [0.15, 0.2) is 0 Å². The van der Waals surface area contributed by atoms with E-state index in [9.17, 15) is 20.0 Å². The van der Waals surface area contributed by atoms with E-state index in [1.165, 1.54) is 24.3 Å². The molecule has 0 radical (unpaired) electrons. The van der Waals surface area contributed by atoms with Crippen LogP contribution in [0.2, 0.25) is 5.02 Å². The smallest absolute Gasteiger partial charge is 0.271 e. The van der Waals surface area contributed by atoms with Crippen LogP contribution < -0.4 is 5.32 Å². The zero-order valence-electron chi connectivity index (χ0n) is 11.0. The molecule has 0 fully saturated rings. The van der Waals surface area contributed by atoms with E-state index in [-0.39, 0.29) is 27.7 Å². The Hall–Kier alpha value is -2.60. The van der Waals surface area contributed by atoms with Crippen molar-refractivity contribution in [1.82, 2.24) is 0 Å². The lowest BCUT2D eigenvalue weighted by atomic mass is 10.1. The monoisotopic (exact) mass is 306 g/mol. The number of rotatable bonds is 3. The molecular weight excluding hydrogens is 296 g/mol. The van der Waals surface area contributed by atoms with Crippen molar-refractivity contribution < 1.29 is 14.8 Å². The summed E-state index contributed by atoms with van der Waals surface area (Å²) >= 11 is 5.90. The van der Waals surface area contributed by atoms with Gasteiger partial charge >= 0.3 is 0 Å². The van der Waals surface area contributed by atoms with Crippen molar-refractivity contribution in [3.8, 4) is 5.75 Å². The number of nitrogens with one attached hydrogen (secondary N) is 1. The van der Waals surface area contributed by atoms with Gasteiger partial charge in [0.2, 0.25) is 0 Å². The van der Waals surface area contributed by atoms with E-state index in [4.69, 9.17) is 11.6 Å². The summed E-state index contributed by atoms with van der Waals surface area (Å²) in [6, 6.07) is 8.29. The number of aryl methyl sites for hydroxylation is 1. The first kappa shape index (κ1) is 14.8. The molecule has 0 bridgehead atoms. The molecule has 0 aliphatic carbocycles. The fourth-order valence-corrected chi connectivity index (χ4v) is 1.91. The molecule has 2 aromatic rings. The van der Waals surface area contributed by atoms with Gasteiger partial charge in [-0.1, -0.05) is 23.2 Å². The average Bonchev–Trinajstić information content (AvgIpc) is 2.43. The van der Waals surface area contributed by atoms with Crippen LogP contribution in [-0.2, 0) is 0 Å². The number of halogens is 1. The maximum Gasteiger partial charge on any atom is 0.271 e. The van der Waals surface area contributed by atoms with Gasteiger partial charge in [-0.05, 0) is 25.1 Å². The van der Waals surface area contributed by atoms with Crippen LogP contribution in [0.25, 0.3) is 0 Å². The largest absolute Gasteiger partial charge is 0.507 e. The second kappa shape index (κ2) is 5.80. The van der Waals surface area contributed by atoms with Gasteiger partial charge in [0.25, 0.3) is 11.6 Å². The van der Waals surface area contributed by atoms with Crippen molar-refractivity contribution in [1.29, 1.82) is 0 Å². The minimum atomic E-state index is -0.599.